The molecule has 0 spiro atoms. The van der Waals surface area contributed by atoms with E-state index >= 15 is 0 Å². The van der Waals surface area contributed by atoms with Crippen molar-refractivity contribution in [1.29, 1.82) is 5.26 Å². The van der Waals surface area contributed by atoms with E-state index in [1.807, 2.05) is 18.2 Å². The highest BCUT2D eigenvalue weighted by Gasteiger charge is 2.33. The van der Waals surface area contributed by atoms with Crippen molar-refractivity contribution in [2.24, 2.45) is 0 Å². The Hall–Kier alpha value is -2.01. The molecule has 2 heterocycles. The van der Waals surface area contributed by atoms with Gasteiger partial charge in [-0.1, -0.05) is 0 Å². The highest BCUT2D eigenvalue weighted by atomic mass is 32.1. The van der Waals surface area contributed by atoms with Crippen molar-refractivity contribution in [3.63, 3.8) is 0 Å². The van der Waals surface area contributed by atoms with Gasteiger partial charge in [0.25, 0.3) is 5.91 Å². The number of ether oxygens (including phenoxy) is 2. The number of aryl methyl sites for hydroxylation is 1. The van der Waals surface area contributed by atoms with Crippen LogP contribution in [0.25, 0.3) is 10.2 Å². The van der Waals surface area contributed by atoms with Crippen LogP contribution in [0, 0.1) is 11.3 Å². The van der Waals surface area contributed by atoms with Crippen LogP contribution in [0.4, 0.5) is 5.69 Å². The van der Waals surface area contributed by atoms with Crippen molar-refractivity contribution < 1.29 is 14.3 Å². The second-order valence-electron chi connectivity index (χ2n) is 5.63. The van der Waals surface area contributed by atoms with Crippen LogP contribution in [0.15, 0.2) is 18.2 Å². The number of benzene rings is 1. The van der Waals surface area contributed by atoms with Gasteiger partial charge in [-0.3, -0.25) is 9.69 Å². The van der Waals surface area contributed by atoms with Crippen molar-refractivity contribution in [1.82, 2.24) is 4.98 Å². The number of hydrogen-bond donors (Lipinski definition) is 0. The average Bonchev–Trinajstić information content (AvgIpc) is 3.15. The van der Waals surface area contributed by atoms with Gasteiger partial charge in [-0.15, -0.1) is 11.3 Å². The summed E-state index contributed by atoms with van der Waals surface area (Å²) >= 11 is 1.64. The number of hydrogen-bond acceptors (Lipinski definition) is 6. The summed E-state index contributed by atoms with van der Waals surface area (Å²) in [6, 6.07) is 7.99. The Morgan fingerprint density at radius 3 is 3.17 bits per heavy atom. The zero-order valence-corrected chi connectivity index (χ0v) is 14.3. The van der Waals surface area contributed by atoms with Crippen molar-refractivity contribution >= 4 is 33.1 Å². The fourth-order valence-electron chi connectivity index (χ4n) is 2.66. The van der Waals surface area contributed by atoms with E-state index in [-0.39, 0.29) is 19.2 Å². The lowest BCUT2D eigenvalue weighted by atomic mass is 10.2. The average molecular weight is 345 g/mol. The SMILES string of the molecule is COC[C@H]1OCN(c2ccc3nc(CCCCC#N)sc3c2)C1=O. The molecule has 1 aliphatic rings. The minimum atomic E-state index is -0.525. The molecule has 3 rings (SSSR count). The van der Waals surface area contributed by atoms with Crippen molar-refractivity contribution in [2.45, 2.75) is 31.8 Å². The van der Waals surface area contributed by atoms with Crippen LogP contribution in [-0.2, 0) is 20.7 Å². The molecule has 1 aromatic carbocycles. The van der Waals surface area contributed by atoms with Gasteiger partial charge in [0.15, 0.2) is 6.10 Å². The van der Waals surface area contributed by atoms with Crippen LogP contribution < -0.4 is 4.90 Å². The van der Waals surface area contributed by atoms with E-state index < -0.39 is 6.10 Å². The Labute approximate surface area is 144 Å². The first-order valence-electron chi connectivity index (χ1n) is 7.91. The minimum absolute atomic E-state index is 0.0718. The molecule has 1 atom stereocenters. The number of amides is 1. The van der Waals surface area contributed by atoms with Gasteiger partial charge in [0.05, 0.1) is 27.9 Å². The number of carbonyl (C=O) groups excluding carboxylic acids is 1. The molecular formula is C17H19N3O3S. The zero-order valence-electron chi connectivity index (χ0n) is 13.5. The van der Waals surface area contributed by atoms with Gasteiger partial charge in [0.2, 0.25) is 0 Å². The van der Waals surface area contributed by atoms with Crippen molar-refractivity contribution in [3.05, 3.63) is 23.2 Å². The van der Waals surface area contributed by atoms with E-state index in [0.29, 0.717) is 6.42 Å². The zero-order chi connectivity index (χ0) is 16.9. The number of thiazole rings is 1. The summed E-state index contributed by atoms with van der Waals surface area (Å²) in [6.07, 6.45) is 2.82. The Bertz CT molecular complexity index is 768. The second-order valence-corrected chi connectivity index (χ2v) is 6.75. The molecule has 24 heavy (non-hydrogen) atoms. The van der Waals surface area contributed by atoms with E-state index in [2.05, 4.69) is 11.1 Å². The summed E-state index contributed by atoms with van der Waals surface area (Å²) in [7, 11) is 1.56. The van der Waals surface area contributed by atoms with E-state index in [9.17, 15) is 4.79 Å². The summed E-state index contributed by atoms with van der Waals surface area (Å²) < 4.78 is 11.5. The molecular weight excluding hydrogens is 326 g/mol. The standard InChI is InChI=1S/C17H19N3O3S/c1-22-10-14-17(21)20(11-23-14)12-6-7-13-15(9-12)24-16(19-13)5-3-2-4-8-18/h6-7,9,14H,2-5,10-11H2,1H3/t14-/m1/s1. The highest BCUT2D eigenvalue weighted by molar-refractivity contribution is 7.18. The first kappa shape index (κ1) is 16.8. The fourth-order valence-corrected chi connectivity index (χ4v) is 3.70. The molecule has 0 N–H and O–H groups in total. The van der Waals surface area contributed by atoms with Gasteiger partial charge in [-0.05, 0) is 37.5 Å². The number of anilines is 1. The number of aromatic nitrogens is 1. The van der Waals surface area contributed by atoms with Gasteiger partial charge >= 0.3 is 0 Å². The molecule has 1 amide bonds. The van der Waals surface area contributed by atoms with E-state index in [1.165, 1.54) is 0 Å². The molecule has 0 radical (unpaired) electrons. The molecule has 1 aliphatic heterocycles. The molecule has 126 valence electrons. The smallest absolute Gasteiger partial charge is 0.260 e. The maximum atomic E-state index is 12.3. The molecule has 1 fully saturated rings. The van der Waals surface area contributed by atoms with Crippen LogP contribution in [0.3, 0.4) is 0 Å². The lowest BCUT2D eigenvalue weighted by Gasteiger charge is -2.14. The highest BCUT2D eigenvalue weighted by Crippen LogP contribution is 2.29. The predicted molar refractivity (Wildman–Crippen MR) is 91.9 cm³/mol. The van der Waals surface area contributed by atoms with Crippen LogP contribution in [0.5, 0.6) is 0 Å². The molecule has 0 bridgehead atoms. The Morgan fingerprint density at radius 1 is 1.50 bits per heavy atom. The van der Waals surface area contributed by atoms with E-state index in [4.69, 9.17) is 14.7 Å². The summed E-state index contributed by atoms with van der Waals surface area (Å²) in [5.74, 6) is -0.0718. The van der Waals surface area contributed by atoms with Gasteiger partial charge in [-0.25, -0.2) is 4.98 Å². The topological polar surface area (TPSA) is 75.5 Å². The Morgan fingerprint density at radius 2 is 2.38 bits per heavy atom. The number of rotatable bonds is 7. The largest absolute Gasteiger partial charge is 0.381 e. The van der Waals surface area contributed by atoms with E-state index in [0.717, 1.165) is 40.2 Å². The third-order valence-corrected chi connectivity index (χ3v) is 5.00. The number of nitriles is 1. The first-order chi connectivity index (χ1) is 11.7. The van der Waals surface area contributed by atoms with Crippen LogP contribution in [0.1, 0.15) is 24.3 Å². The summed E-state index contributed by atoms with van der Waals surface area (Å²) in [5.41, 5.74) is 1.77. The second kappa shape index (κ2) is 7.71. The molecule has 0 aliphatic carbocycles. The monoisotopic (exact) mass is 345 g/mol. The fraction of sp³-hybridized carbons (Fsp3) is 0.471. The van der Waals surface area contributed by atoms with Gasteiger partial charge < -0.3 is 9.47 Å². The molecule has 1 aromatic heterocycles. The van der Waals surface area contributed by atoms with Crippen LogP contribution >= 0.6 is 11.3 Å². The van der Waals surface area contributed by atoms with Crippen molar-refractivity contribution in [3.8, 4) is 6.07 Å². The summed E-state index contributed by atoms with van der Waals surface area (Å²) in [6.45, 7) is 0.517. The maximum absolute atomic E-state index is 12.3. The third-order valence-electron chi connectivity index (χ3n) is 3.92. The number of unbranched alkanes of at least 4 members (excludes halogenated alkanes) is 2. The summed E-state index contributed by atoms with van der Waals surface area (Å²) in [4.78, 5) is 18.6. The molecule has 1 saturated heterocycles. The Balaban J connectivity index is 1.72. The third kappa shape index (κ3) is 3.56. The number of fused-ring (bicyclic) bond motifs is 1. The quantitative estimate of drug-likeness (QED) is 0.721. The van der Waals surface area contributed by atoms with Crippen LogP contribution in [0.2, 0.25) is 0 Å². The molecule has 7 heteroatoms. The Kier molecular flexibility index (Phi) is 5.41. The molecule has 0 saturated carbocycles. The lowest BCUT2D eigenvalue weighted by Crippen LogP contribution is -2.31. The first-order valence-corrected chi connectivity index (χ1v) is 8.73. The van der Waals surface area contributed by atoms with Crippen molar-refractivity contribution in [2.75, 3.05) is 25.3 Å². The number of methoxy groups -OCH3 is 1. The molecule has 2 aromatic rings. The number of nitrogens with zero attached hydrogens (tertiary/aromatic N) is 3. The molecule has 0 unspecified atom stereocenters. The summed E-state index contributed by atoms with van der Waals surface area (Å²) in [5, 5.41) is 9.64. The maximum Gasteiger partial charge on any atom is 0.260 e. The number of carbonyl (C=O) groups is 1. The van der Waals surface area contributed by atoms with E-state index in [1.54, 1.807) is 23.3 Å². The minimum Gasteiger partial charge on any atom is -0.381 e. The van der Waals surface area contributed by atoms with Crippen LogP contribution in [-0.4, -0.2) is 37.4 Å². The van der Waals surface area contributed by atoms with Gasteiger partial charge in [-0.2, -0.15) is 5.26 Å². The normalized spacial score (nSPS) is 17.6. The van der Waals surface area contributed by atoms with Gasteiger partial charge in [0.1, 0.15) is 6.73 Å². The molecule has 6 nitrogen and oxygen atoms in total. The predicted octanol–water partition coefficient (Wildman–Crippen LogP) is 2.87. The van der Waals surface area contributed by atoms with Gasteiger partial charge in [0, 0.05) is 19.2 Å². The lowest BCUT2D eigenvalue weighted by molar-refractivity contribution is -0.124.